The van der Waals surface area contributed by atoms with E-state index < -0.39 is 0 Å². The third-order valence-corrected chi connectivity index (χ3v) is 9.27. The van der Waals surface area contributed by atoms with Gasteiger partial charge in [0.05, 0.1) is 11.0 Å². The van der Waals surface area contributed by atoms with Crippen LogP contribution in [0.2, 0.25) is 10.0 Å². The first-order valence-corrected chi connectivity index (χ1v) is 15.3. The van der Waals surface area contributed by atoms with Gasteiger partial charge in [-0.25, -0.2) is 0 Å². The maximum Gasteiger partial charge on any atom is 0.0559 e. The van der Waals surface area contributed by atoms with Crippen LogP contribution in [0.5, 0.6) is 0 Å². The van der Waals surface area contributed by atoms with Crippen LogP contribution in [0.15, 0.2) is 84.9 Å². The molecular weight excluding hydrogens is 555 g/mol. The second kappa shape index (κ2) is 9.39. The Labute approximate surface area is 256 Å². The Morgan fingerprint density at radius 3 is 1.24 bits per heavy atom. The summed E-state index contributed by atoms with van der Waals surface area (Å²) in [4.78, 5) is 7.71. The Bertz CT molecular complexity index is 2020. The van der Waals surface area contributed by atoms with Gasteiger partial charge in [0.2, 0.25) is 0 Å². The first-order chi connectivity index (χ1) is 19.9. The van der Waals surface area contributed by atoms with Gasteiger partial charge in [-0.15, -0.1) is 0 Å². The van der Waals surface area contributed by atoms with Crippen LogP contribution in [0.3, 0.4) is 0 Å². The van der Waals surface area contributed by atoms with Crippen LogP contribution in [0.25, 0.3) is 65.9 Å². The Morgan fingerprint density at radius 1 is 0.500 bits per heavy atom. The lowest BCUT2D eigenvalue weighted by molar-refractivity contribution is 0.591. The number of aromatic amines is 2. The van der Waals surface area contributed by atoms with Gasteiger partial charge in [0.15, 0.2) is 0 Å². The van der Waals surface area contributed by atoms with Crippen molar-refractivity contribution in [2.24, 2.45) is 0 Å². The van der Waals surface area contributed by atoms with Crippen molar-refractivity contribution in [1.29, 1.82) is 0 Å². The van der Waals surface area contributed by atoms with Gasteiger partial charge in [0, 0.05) is 64.9 Å². The summed E-state index contributed by atoms with van der Waals surface area (Å²) >= 11 is 14.0. The van der Waals surface area contributed by atoms with Gasteiger partial charge in [-0.05, 0) is 58.4 Å². The highest BCUT2D eigenvalue weighted by atomic mass is 35.5. The van der Waals surface area contributed by atoms with E-state index in [1.165, 1.54) is 21.9 Å². The molecule has 4 heteroatoms. The molecule has 7 aromatic rings. The Hall–Kier alpha value is -3.72. The van der Waals surface area contributed by atoms with E-state index in [2.05, 4.69) is 112 Å². The molecule has 0 aliphatic heterocycles. The zero-order valence-corrected chi connectivity index (χ0v) is 26.4. The monoisotopic (exact) mass is 588 g/mol. The summed E-state index contributed by atoms with van der Waals surface area (Å²) in [5.74, 6) is 0. The SMILES string of the molecule is CC(C)(C)c1ccc2[nH]c3c(-c4ccccc4Cl)c4c([nH]c5ccc(C(C)(C)C)cc54)c(-c4ccccc4Cl)c3c2c1. The van der Waals surface area contributed by atoms with E-state index >= 15 is 0 Å². The Kier molecular flexibility index (Phi) is 6.07. The van der Waals surface area contributed by atoms with Gasteiger partial charge in [-0.1, -0.05) is 113 Å². The summed E-state index contributed by atoms with van der Waals surface area (Å²) in [5.41, 5.74) is 11.1. The molecule has 0 fully saturated rings. The van der Waals surface area contributed by atoms with E-state index in [0.29, 0.717) is 0 Å². The minimum atomic E-state index is 0.00246. The van der Waals surface area contributed by atoms with Gasteiger partial charge in [0.25, 0.3) is 0 Å². The summed E-state index contributed by atoms with van der Waals surface area (Å²) in [6.07, 6.45) is 0. The summed E-state index contributed by atoms with van der Waals surface area (Å²) in [6.45, 7) is 13.6. The molecule has 2 heterocycles. The van der Waals surface area contributed by atoms with Crippen molar-refractivity contribution in [2.45, 2.75) is 52.4 Å². The quantitative estimate of drug-likeness (QED) is 0.201. The fourth-order valence-corrected chi connectivity index (χ4v) is 6.79. The lowest BCUT2D eigenvalue weighted by Crippen LogP contribution is -2.10. The average Bonchev–Trinajstić information content (AvgIpc) is 3.50. The highest BCUT2D eigenvalue weighted by molar-refractivity contribution is 6.39. The Morgan fingerprint density at radius 2 is 0.881 bits per heavy atom. The normalized spacial score (nSPS) is 12.8. The first kappa shape index (κ1) is 27.1. The molecule has 0 unspecified atom stereocenters. The van der Waals surface area contributed by atoms with Gasteiger partial charge >= 0.3 is 0 Å². The number of hydrogen-bond donors (Lipinski definition) is 2. The molecule has 0 saturated heterocycles. The molecular formula is C38H34Cl2N2. The van der Waals surface area contributed by atoms with E-state index in [9.17, 15) is 0 Å². The highest BCUT2D eigenvalue weighted by Gasteiger charge is 2.27. The number of hydrogen-bond acceptors (Lipinski definition) is 0. The number of H-pyrrole nitrogens is 2. The summed E-state index contributed by atoms with van der Waals surface area (Å²) in [7, 11) is 0. The van der Waals surface area contributed by atoms with Crippen molar-refractivity contribution >= 4 is 66.8 Å². The number of rotatable bonds is 2. The molecule has 5 aromatic carbocycles. The van der Waals surface area contributed by atoms with E-state index in [1.54, 1.807) is 0 Å². The van der Waals surface area contributed by atoms with Crippen LogP contribution < -0.4 is 0 Å². The lowest BCUT2D eigenvalue weighted by atomic mass is 9.84. The van der Waals surface area contributed by atoms with Crippen molar-refractivity contribution in [3.8, 4) is 22.3 Å². The van der Waals surface area contributed by atoms with Crippen molar-refractivity contribution < 1.29 is 0 Å². The fraction of sp³-hybridized carbons (Fsp3) is 0.211. The standard InChI is InChI=1S/C38H34Cl2N2/c1-37(2,3)21-15-17-29-25(19-21)33-31(23-11-7-9-13-27(23)39)36-34(26-20-22(38(4,5)6)16-18-30(26)42-36)32(35(33)41-29)24-12-8-10-14-28(24)40/h7-20,41-42H,1-6H3. The third kappa shape index (κ3) is 4.15. The second-order valence-corrected chi connectivity index (χ2v) is 14.3. The van der Waals surface area contributed by atoms with Crippen LogP contribution in [-0.2, 0) is 10.8 Å². The summed E-state index contributed by atoms with van der Waals surface area (Å²) in [5, 5.41) is 6.10. The van der Waals surface area contributed by atoms with Crippen molar-refractivity contribution in [3.63, 3.8) is 0 Å². The predicted octanol–water partition coefficient (Wildman–Crippen LogP) is 12.2. The van der Waals surface area contributed by atoms with Crippen molar-refractivity contribution in [1.82, 2.24) is 9.97 Å². The zero-order valence-electron chi connectivity index (χ0n) is 24.8. The van der Waals surface area contributed by atoms with Crippen molar-refractivity contribution in [3.05, 3.63) is 106 Å². The number of fused-ring (bicyclic) bond motifs is 6. The van der Waals surface area contributed by atoms with E-state index in [1.807, 2.05) is 24.3 Å². The molecule has 2 aromatic heterocycles. The molecule has 0 aliphatic rings. The second-order valence-electron chi connectivity index (χ2n) is 13.5. The smallest absolute Gasteiger partial charge is 0.0559 e. The van der Waals surface area contributed by atoms with Crippen LogP contribution in [0, 0.1) is 0 Å². The molecule has 42 heavy (non-hydrogen) atoms. The predicted molar refractivity (Wildman–Crippen MR) is 183 cm³/mol. The maximum absolute atomic E-state index is 7.00. The molecule has 0 radical (unpaired) electrons. The topological polar surface area (TPSA) is 31.6 Å². The largest absolute Gasteiger partial charge is 0.354 e. The molecule has 2 N–H and O–H groups in total. The highest BCUT2D eigenvalue weighted by Crippen LogP contribution is 2.51. The molecule has 210 valence electrons. The molecule has 7 rings (SSSR count). The van der Waals surface area contributed by atoms with Crippen LogP contribution in [0.1, 0.15) is 52.7 Å². The molecule has 0 amide bonds. The van der Waals surface area contributed by atoms with E-state index in [4.69, 9.17) is 23.2 Å². The number of aromatic nitrogens is 2. The van der Waals surface area contributed by atoms with Crippen LogP contribution in [-0.4, -0.2) is 9.97 Å². The number of nitrogens with one attached hydrogen (secondary N) is 2. The summed E-state index contributed by atoms with van der Waals surface area (Å²) in [6, 6.07) is 29.9. The third-order valence-electron chi connectivity index (χ3n) is 8.62. The number of benzene rings is 5. The lowest BCUT2D eigenvalue weighted by Gasteiger charge is -2.19. The van der Waals surface area contributed by atoms with Crippen LogP contribution in [0.4, 0.5) is 0 Å². The molecule has 0 bridgehead atoms. The molecule has 0 saturated carbocycles. The van der Waals surface area contributed by atoms with Gasteiger partial charge in [0.1, 0.15) is 0 Å². The summed E-state index contributed by atoms with van der Waals surface area (Å²) < 4.78 is 0. The minimum Gasteiger partial charge on any atom is -0.354 e. The van der Waals surface area contributed by atoms with Gasteiger partial charge < -0.3 is 9.97 Å². The van der Waals surface area contributed by atoms with Gasteiger partial charge in [-0.3, -0.25) is 0 Å². The molecule has 0 aliphatic carbocycles. The number of halogens is 2. The average molecular weight is 590 g/mol. The minimum absolute atomic E-state index is 0.00246. The fourth-order valence-electron chi connectivity index (χ4n) is 6.33. The van der Waals surface area contributed by atoms with E-state index in [0.717, 1.165) is 65.1 Å². The zero-order chi connectivity index (χ0) is 29.6. The molecule has 2 nitrogen and oxygen atoms in total. The van der Waals surface area contributed by atoms with Crippen LogP contribution >= 0.6 is 23.2 Å². The molecule has 0 spiro atoms. The maximum atomic E-state index is 7.00. The molecule has 0 atom stereocenters. The Balaban J connectivity index is 1.80. The van der Waals surface area contributed by atoms with Crippen molar-refractivity contribution in [2.75, 3.05) is 0 Å². The first-order valence-electron chi connectivity index (χ1n) is 14.5. The van der Waals surface area contributed by atoms with Gasteiger partial charge in [-0.2, -0.15) is 0 Å². The van der Waals surface area contributed by atoms with E-state index in [-0.39, 0.29) is 10.8 Å².